The van der Waals surface area contributed by atoms with Gasteiger partial charge in [-0.15, -0.1) is 0 Å². The van der Waals surface area contributed by atoms with Crippen LogP contribution in [0.5, 0.6) is 0 Å². The zero-order valence-electron chi connectivity index (χ0n) is 22.7. The molecule has 0 radical (unpaired) electrons. The van der Waals surface area contributed by atoms with E-state index in [2.05, 4.69) is 86.3 Å². The molecule has 2 heterocycles. The largest absolute Gasteiger partial charge is 0.309 e. The molecule has 5 aromatic carbocycles. The third kappa shape index (κ3) is 2.95. The van der Waals surface area contributed by atoms with Gasteiger partial charge in [-0.1, -0.05) is 81.4 Å². The van der Waals surface area contributed by atoms with Crippen molar-refractivity contribution in [3.8, 4) is 0 Å². The third-order valence-corrected chi connectivity index (χ3v) is 9.16. The molecular weight excluding hydrogens is 490 g/mol. The summed E-state index contributed by atoms with van der Waals surface area (Å²) in [6.07, 6.45) is 1.82. The summed E-state index contributed by atoms with van der Waals surface area (Å²) in [7, 11) is 0. The normalized spacial score (nSPS) is 17.8. The molecule has 1 atom stereocenters. The van der Waals surface area contributed by atoms with E-state index in [0.717, 1.165) is 16.3 Å². The number of hydrogen-bond acceptors (Lipinski definition) is 3. The first kappa shape index (κ1) is 23.2. The van der Waals surface area contributed by atoms with E-state index < -0.39 is 0 Å². The van der Waals surface area contributed by atoms with Crippen LogP contribution in [0, 0.1) is 0 Å². The molecule has 0 saturated carbocycles. The summed E-state index contributed by atoms with van der Waals surface area (Å²) >= 11 is 0. The predicted molar refractivity (Wildman–Crippen MR) is 161 cm³/mol. The zero-order chi connectivity index (χ0) is 27.3. The third-order valence-electron chi connectivity index (χ3n) is 9.16. The molecule has 3 aliphatic rings. The first-order valence-electron chi connectivity index (χ1n) is 13.9. The summed E-state index contributed by atoms with van der Waals surface area (Å²) in [6.45, 7) is 6.80. The van der Waals surface area contributed by atoms with E-state index in [0.29, 0.717) is 11.1 Å². The summed E-state index contributed by atoms with van der Waals surface area (Å²) in [5, 5.41) is 1.93. The van der Waals surface area contributed by atoms with Crippen molar-refractivity contribution in [3.05, 3.63) is 142 Å². The predicted octanol–water partition coefficient (Wildman–Crippen LogP) is 8.88. The van der Waals surface area contributed by atoms with E-state index in [1.165, 1.54) is 39.3 Å². The molecule has 0 aromatic heterocycles. The van der Waals surface area contributed by atoms with Crippen LogP contribution in [0.1, 0.15) is 75.2 Å². The van der Waals surface area contributed by atoms with Gasteiger partial charge >= 0.3 is 0 Å². The van der Waals surface area contributed by atoms with Crippen LogP contribution in [0.4, 0.5) is 17.1 Å². The van der Waals surface area contributed by atoms with E-state index in [9.17, 15) is 9.59 Å². The van der Waals surface area contributed by atoms with Gasteiger partial charge in [0.05, 0.1) is 16.9 Å². The van der Waals surface area contributed by atoms with Gasteiger partial charge in [0.15, 0.2) is 11.6 Å². The minimum Gasteiger partial charge on any atom is -0.309 e. The number of carbonyl (C=O) groups excluding carboxylic acids is 2. The molecule has 0 spiro atoms. The topological polar surface area (TPSA) is 37.4 Å². The molecular formula is C37H27NO2. The van der Waals surface area contributed by atoms with Crippen molar-refractivity contribution >= 4 is 45.5 Å². The quantitative estimate of drug-likeness (QED) is 0.165. The number of hydrogen-bond donors (Lipinski definition) is 0. The SMILES string of the molecule is CC1c2ccccc2N2c3ccccc3C(C)(C)c3cc(C=C4C(=O)c5cc6ccccc6cc5C4=O)cc1c32. The molecule has 8 rings (SSSR count). The van der Waals surface area contributed by atoms with Crippen molar-refractivity contribution in [1.82, 2.24) is 0 Å². The van der Waals surface area contributed by atoms with Crippen molar-refractivity contribution in [2.75, 3.05) is 4.90 Å². The molecule has 0 saturated heterocycles. The number of carbonyl (C=O) groups is 2. The first-order valence-corrected chi connectivity index (χ1v) is 13.9. The fourth-order valence-corrected chi connectivity index (χ4v) is 7.06. The van der Waals surface area contributed by atoms with Crippen molar-refractivity contribution in [2.24, 2.45) is 0 Å². The van der Waals surface area contributed by atoms with E-state index >= 15 is 0 Å². The number of benzene rings is 5. The average Bonchev–Trinajstić information content (AvgIpc) is 3.19. The fraction of sp³-hybridized carbons (Fsp3) is 0.135. The van der Waals surface area contributed by atoms with E-state index in [1.807, 2.05) is 42.5 Å². The Kier molecular flexibility index (Phi) is 4.57. The summed E-state index contributed by atoms with van der Waals surface area (Å²) in [5.41, 5.74) is 10.4. The number of allylic oxidation sites excluding steroid dienone is 1. The van der Waals surface area contributed by atoms with Crippen molar-refractivity contribution < 1.29 is 9.59 Å². The second-order valence-electron chi connectivity index (χ2n) is 11.7. The minimum atomic E-state index is -0.262. The summed E-state index contributed by atoms with van der Waals surface area (Å²) in [4.78, 5) is 29.6. The molecule has 0 fully saturated rings. The number of ketones is 2. The molecule has 192 valence electrons. The Morgan fingerprint density at radius 1 is 0.675 bits per heavy atom. The van der Waals surface area contributed by atoms with Gasteiger partial charge in [0.25, 0.3) is 0 Å². The maximum atomic E-state index is 13.6. The fourth-order valence-electron chi connectivity index (χ4n) is 7.06. The second kappa shape index (κ2) is 7.89. The molecule has 0 N–H and O–H groups in total. The van der Waals surface area contributed by atoms with Gasteiger partial charge in [0.2, 0.25) is 0 Å². The number of fused-ring (bicyclic) bond motifs is 6. The highest BCUT2D eigenvalue weighted by atomic mass is 16.2. The van der Waals surface area contributed by atoms with Crippen LogP contribution in [0.15, 0.2) is 103 Å². The smallest absolute Gasteiger partial charge is 0.197 e. The van der Waals surface area contributed by atoms with Gasteiger partial charge in [-0.3, -0.25) is 9.59 Å². The van der Waals surface area contributed by atoms with Crippen LogP contribution in [0.2, 0.25) is 0 Å². The second-order valence-corrected chi connectivity index (χ2v) is 11.7. The Hall–Kier alpha value is -4.76. The molecule has 0 amide bonds. The maximum absolute atomic E-state index is 13.6. The van der Waals surface area contributed by atoms with Crippen molar-refractivity contribution in [3.63, 3.8) is 0 Å². The Bertz CT molecular complexity index is 1940. The lowest BCUT2D eigenvalue weighted by atomic mass is 9.69. The molecule has 1 unspecified atom stereocenters. The minimum absolute atomic E-state index is 0.165. The average molecular weight is 518 g/mol. The van der Waals surface area contributed by atoms with Crippen molar-refractivity contribution in [2.45, 2.75) is 32.1 Å². The highest BCUT2D eigenvalue weighted by Crippen LogP contribution is 2.58. The van der Waals surface area contributed by atoms with Crippen LogP contribution in [-0.2, 0) is 5.41 Å². The summed E-state index contributed by atoms with van der Waals surface area (Å²) < 4.78 is 0. The lowest BCUT2D eigenvalue weighted by molar-refractivity contribution is 0.0990. The van der Waals surface area contributed by atoms with E-state index in [1.54, 1.807) is 0 Å². The summed E-state index contributed by atoms with van der Waals surface area (Å²) in [5.74, 6) is -0.221. The van der Waals surface area contributed by atoms with Crippen LogP contribution >= 0.6 is 0 Å². The lowest BCUT2D eigenvalue weighted by Crippen LogP contribution is -2.34. The maximum Gasteiger partial charge on any atom is 0.197 e. The van der Waals surface area contributed by atoms with Gasteiger partial charge in [0, 0.05) is 28.1 Å². The standard InChI is InChI=1S/C37H27NO2/c1-21-25-12-6-8-14-32(25)38-33-15-9-7-13-30(33)37(2,3)31-18-22(16-26(21)34(31)38)17-29-35(39)27-19-23-10-4-5-11-24(23)20-28(27)36(29)40/h4-21H,1-3H3. The van der Waals surface area contributed by atoms with Gasteiger partial charge < -0.3 is 4.90 Å². The lowest BCUT2D eigenvalue weighted by Gasteiger charge is -2.47. The first-order chi connectivity index (χ1) is 19.3. The number of anilines is 3. The molecule has 0 bridgehead atoms. The Morgan fingerprint density at radius 3 is 1.98 bits per heavy atom. The monoisotopic (exact) mass is 517 g/mol. The Balaban J connectivity index is 1.35. The van der Waals surface area contributed by atoms with Crippen molar-refractivity contribution in [1.29, 1.82) is 0 Å². The Morgan fingerprint density at radius 2 is 1.27 bits per heavy atom. The highest BCUT2D eigenvalue weighted by Gasteiger charge is 2.42. The Labute approximate surface area is 233 Å². The number of rotatable bonds is 1. The molecule has 3 nitrogen and oxygen atoms in total. The van der Waals surface area contributed by atoms with Crippen LogP contribution in [0.3, 0.4) is 0 Å². The summed E-state index contributed by atoms with van der Waals surface area (Å²) in [6, 6.07) is 33.2. The van der Waals surface area contributed by atoms with Crippen LogP contribution in [-0.4, -0.2) is 11.6 Å². The van der Waals surface area contributed by atoms with Gasteiger partial charge in [-0.2, -0.15) is 0 Å². The highest BCUT2D eigenvalue weighted by molar-refractivity contribution is 6.42. The number of para-hydroxylation sites is 2. The van der Waals surface area contributed by atoms with Gasteiger partial charge in [0.1, 0.15) is 0 Å². The molecule has 40 heavy (non-hydrogen) atoms. The number of Topliss-reactive ketones (excluding diaryl/α,β-unsaturated/α-hetero) is 2. The zero-order valence-corrected chi connectivity index (χ0v) is 22.7. The van der Waals surface area contributed by atoms with Crippen LogP contribution in [0.25, 0.3) is 16.8 Å². The molecule has 1 aliphatic carbocycles. The van der Waals surface area contributed by atoms with E-state index in [4.69, 9.17) is 0 Å². The van der Waals surface area contributed by atoms with E-state index in [-0.39, 0.29) is 28.5 Å². The van der Waals surface area contributed by atoms with Gasteiger partial charge in [-0.25, -0.2) is 0 Å². The number of nitrogens with zero attached hydrogens (tertiary/aromatic N) is 1. The van der Waals surface area contributed by atoms with Crippen LogP contribution < -0.4 is 4.90 Å². The molecule has 2 aliphatic heterocycles. The molecule has 3 heteroatoms. The van der Waals surface area contributed by atoms with Gasteiger partial charge in [-0.05, 0) is 81.1 Å². The molecule has 5 aromatic rings.